The number of aliphatic carboxylic acids is 1. The number of rotatable bonds is 2. The third-order valence-corrected chi connectivity index (χ3v) is 1.21. The van der Waals surface area contributed by atoms with Crippen LogP contribution >= 0.6 is 0 Å². The molecule has 0 unspecified atom stereocenters. The summed E-state index contributed by atoms with van der Waals surface area (Å²) in [5.41, 5.74) is 1.17. The molecule has 14 heavy (non-hydrogen) atoms. The third kappa shape index (κ3) is 9.26. The molecule has 0 fully saturated rings. The molecule has 0 spiro atoms. The monoisotopic (exact) mass is 200 g/mol. The van der Waals surface area contributed by atoms with Crippen LogP contribution in [-0.2, 0) is 4.79 Å². The topological polar surface area (TPSA) is 37.3 Å². The van der Waals surface area contributed by atoms with Gasteiger partial charge in [0.1, 0.15) is 0 Å². The standard InChI is InChI=1S/C8H8.C3H4O2.Na.H/c1-2-8-6-4-3-5-7-8;1-2-3(4)5;;/h2-7H,1H2;2H,1H2,(H,4,5);;/q;;+1;-1. The van der Waals surface area contributed by atoms with E-state index >= 15 is 0 Å². The van der Waals surface area contributed by atoms with Crippen LogP contribution in [0, 0.1) is 0 Å². The summed E-state index contributed by atoms with van der Waals surface area (Å²) < 4.78 is 0. The average Bonchev–Trinajstić information content (AvgIpc) is 2.20. The fourth-order valence-electron chi connectivity index (χ4n) is 0.589. The smallest absolute Gasteiger partial charge is 1.00 e. The van der Waals surface area contributed by atoms with Crippen LogP contribution < -0.4 is 29.6 Å². The van der Waals surface area contributed by atoms with Gasteiger partial charge in [-0.15, -0.1) is 0 Å². The van der Waals surface area contributed by atoms with E-state index in [1.165, 1.54) is 5.56 Å². The van der Waals surface area contributed by atoms with Gasteiger partial charge in [-0.2, -0.15) is 0 Å². The van der Waals surface area contributed by atoms with Crippen molar-refractivity contribution in [2.75, 3.05) is 0 Å². The van der Waals surface area contributed by atoms with Crippen LogP contribution in [0.3, 0.4) is 0 Å². The molecular formula is C11H13NaO2. The summed E-state index contributed by atoms with van der Waals surface area (Å²) in [6.45, 7) is 6.59. The van der Waals surface area contributed by atoms with Crippen molar-refractivity contribution in [3.8, 4) is 0 Å². The summed E-state index contributed by atoms with van der Waals surface area (Å²) in [6.07, 6.45) is 2.67. The van der Waals surface area contributed by atoms with E-state index < -0.39 is 5.97 Å². The summed E-state index contributed by atoms with van der Waals surface area (Å²) in [7, 11) is 0. The molecular weight excluding hydrogens is 187 g/mol. The van der Waals surface area contributed by atoms with Gasteiger partial charge in [-0.3, -0.25) is 0 Å². The maximum Gasteiger partial charge on any atom is 1.00 e. The Morgan fingerprint density at radius 2 is 1.71 bits per heavy atom. The normalized spacial score (nSPS) is 7.14. The zero-order valence-electron chi connectivity index (χ0n) is 9.31. The predicted molar refractivity (Wildman–Crippen MR) is 55.5 cm³/mol. The minimum Gasteiger partial charge on any atom is -1.00 e. The Labute approximate surface area is 108 Å². The number of hydrogen-bond acceptors (Lipinski definition) is 1. The van der Waals surface area contributed by atoms with Crippen molar-refractivity contribution in [2.24, 2.45) is 0 Å². The molecule has 1 aromatic rings. The zero-order chi connectivity index (χ0) is 10.1. The Kier molecular flexibility index (Phi) is 11.4. The molecule has 0 amide bonds. The largest absolute Gasteiger partial charge is 1.00 e. The Morgan fingerprint density at radius 3 is 1.93 bits per heavy atom. The van der Waals surface area contributed by atoms with Gasteiger partial charge in [0.15, 0.2) is 0 Å². The summed E-state index contributed by atoms with van der Waals surface area (Å²) in [6, 6.07) is 10.0. The molecule has 0 aromatic heterocycles. The SMILES string of the molecule is C=CC(=O)O.C=Cc1ccccc1.[H-].[Na+]. The molecule has 0 bridgehead atoms. The van der Waals surface area contributed by atoms with E-state index in [2.05, 4.69) is 13.2 Å². The molecule has 0 saturated heterocycles. The van der Waals surface area contributed by atoms with Crippen LogP contribution in [0.15, 0.2) is 49.6 Å². The second-order valence-corrected chi connectivity index (χ2v) is 2.16. The molecule has 0 saturated carbocycles. The number of benzene rings is 1. The molecule has 1 rings (SSSR count). The van der Waals surface area contributed by atoms with E-state index in [-0.39, 0.29) is 31.0 Å². The first-order valence-corrected chi connectivity index (χ1v) is 3.73. The first-order valence-electron chi connectivity index (χ1n) is 3.73. The van der Waals surface area contributed by atoms with Crippen molar-refractivity contribution in [3.05, 3.63) is 55.1 Å². The van der Waals surface area contributed by atoms with Crippen molar-refractivity contribution in [1.82, 2.24) is 0 Å². The van der Waals surface area contributed by atoms with Crippen molar-refractivity contribution in [2.45, 2.75) is 0 Å². The Balaban J connectivity index is -0.000000185. The summed E-state index contributed by atoms with van der Waals surface area (Å²) >= 11 is 0. The van der Waals surface area contributed by atoms with E-state index in [0.717, 1.165) is 6.08 Å². The Morgan fingerprint density at radius 1 is 1.29 bits per heavy atom. The third-order valence-electron chi connectivity index (χ3n) is 1.21. The van der Waals surface area contributed by atoms with Crippen LogP contribution in [0.2, 0.25) is 0 Å². The first kappa shape index (κ1) is 15.6. The van der Waals surface area contributed by atoms with Crippen molar-refractivity contribution in [3.63, 3.8) is 0 Å². The minimum absolute atomic E-state index is 0. The fraction of sp³-hybridized carbons (Fsp3) is 0. The van der Waals surface area contributed by atoms with Gasteiger partial charge < -0.3 is 6.53 Å². The number of carboxylic acids is 1. The summed E-state index contributed by atoms with van der Waals surface area (Å²) in [4.78, 5) is 9.25. The maximum atomic E-state index is 9.25. The molecule has 0 aliphatic heterocycles. The van der Waals surface area contributed by atoms with Gasteiger partial charge in [-0.25, -0.2) is 4.79 Å². The van der Waals surface area contributed by atoms with Gasteiger partial charge in [0.2, 0.25) is 0 Å². The van der Waals surface area contributed by atoms with Crippen LogP contribution in [0.1, 0.15) is 6.99 Å². The van der Waals surface area contributed by atoms with Gasteiger partial charge in [0.05, 0.1) is 0 Å². The van der Waals surface area contributed by atoms with Crippen molar-refractivity contribution < 1.29 is 40.9 Å². The van der Waals surface area contributed by atoms with Crippen LogP contribution in [-0.4, -0.2) is 11.1 Å². The molecule has 0 atom stereocenters. The number of carboxylic acid groups (broad SMARTS) is 1. The molecule has 0 aliphatic carbocycles. The summed E-state index contributed by atoms with van der Waals surface area (Å²) in [5, 5.41) is 7.60. The van der Waals surface area contributed by atoms with E-state index in [1.807, 2.05) is 36.4 Å². The van der Waals surface area contributed by atoms with Crippen molar-refractivity contribution in [1.29, 1.82) is 0 Å². The number of hydrogen-bond donors (Lipinski definition) is 1. The molecule has 70 valence electrons. The molecule has 3 heteroatoms. The van der Waals surface area contributed by atoms with Gasteiger partial charge in [0.25, 0.3) is 0 Å². The predicted octanol–water partition coefficient (Wildman–Crippen LogP) is -0.297. The Hall–Kier alpha value is -0.830. The minimum atomic E-state index is -0.981. The van der Waals surface area contributed by atoms with Crippen LogP contribution in [0.4, 0.5) is 0 Å². The molecule has 0 heterocycles. The quantitative estimate of drug-likeness (QED) is 0.526. The second-order valence-electron chi connectivity index (χ2n) is 2.16. The molecule has 2 nitrogen and oxygen atoms in total. The van der Waals surface area contributed by atoms with Crippen LogP contribution in [0.5, 0.6) is 0 Å². The van der Waals surface area contributed by atoms with Gasteiger partial charge in [0, 0.05) is 6.08 Å². The fourth-order valence-corrected chi connectivity index (χ4v) is 0.589. The number of carbonyl (C=O) groups is 1. The van der Waals surface area contributed by atoms with Gasteiger partial charge >= 0.3 is 35.5 Å². The van der Waals surface area contributed by atoms with E-state index in [0.29, 0.717) is 0 Å². The first-order chi connectivity index (χ1) is 6.20. The zero-order valence-corrected chi connectivity index (χ0v) is 10.3. The second kappa shape index (κ2) is 10.3. The molecule has 0 aliphatic rings. The molecule has 1 N–H and O–H groups in total. The molecule has 0 radical (unpaired) electrons. The van der Waals surface area contributed by atoms with Crippen molar-refractivity contribution >= 4 is 12.0 Å². The van der Waals surface area contributed by atoms with E-state index in [1.54, 1.807) is 0 Å². The summed E-state index contributed by atoms with van der Waals surface area (Å²) in [5.74, 6) is -0.981. The van der Waals surface area contributed by atoms with Gasteiger partial charge in [-0.1, -0.05) is 49.6 Å². The van der Waals surface area contributed by atoms with E-state index in [4.69, 9.17) is 5.11 Å². The van der Waals surface area contributed by atoms with Crippen LogP contribution in [0.25, 0.3) is 6.08 Å². The Bertz CT molecular complexity index is 286. The molecule has 1 aromatic carbocycles. The average molecular weight is 200 g/mol. The van der Waals surface area contributed by atoms with E-state index in [9.17, 15) is 4.79 Å². The maximum absolute atomic E-state index is 9.25. The van der Waals surface area contributed by atoms with Gasteiger partial charge in [-0.05, 0) is 5.56 Å².